The smallest absolute Gasteiger partial charge is 0.123 e. The van der Waals surface area contributed by atoms with Crippen LogP contribution in [-0.2, 0) is 13.0 Å². The molecule has 0 saturated heterocycles. The summed E-state index contributed by atoms with van der Waals surface area (Å²) in [6, 6.07) is 14.5. The fraction of sp³-hybridized carbons (Fsp3) is 0.333. The Labute approximate surface area is 125 Å². The van der Waals surface area contributed by atoms with Gasteiger partial charge >= 0.3 is 0 Å². The minimum atomic E-state index is 0.300. The van der Waals surface area contributed by atoms with Crippen molar-refractivity contribution in [1.29, 1.82) is 0 Å². The maximum atomic E-state index is 5.73. The Morgan fingerprint density at radius 2 is 2.00 bits per heavy atom. The lowest BCUT2D eigenvalue weighted by Crippen LogP contribution is -2.05. The van der Waals surface area contributed by atoms with Gasteiger partial charge in [0.05, 0.1) is 6.61 Å². The topological polar surface area (TPSA) is 30.5 Å². The number of ether oxygens (including phenoxy) is 2. The normalized spacial score (nSPS) is 16.2. The molecule has 0 fully saturated rings. The predicted molar refractivity (Wildman–Crippen MR) is 85.2 cm³/mol. The Balaban J connectivity index is 1.61. The summed E-state index contributed by atoms with van der Waals surface area (Å²) in [5, 5.41) is 3.44. The van der Waals surface area contributed by atoms with Crippen molar-refractivity contribution in [1.82, 2.24) is 0 Å². The molecule has 1 aliphatic heterocycles. The Hall–Kier alpha value is -2.16. The van der Waals surface area contributed by atoms with Crippen molar-refractivity contribution in [3.05, 3.63) is 53.6 Å². The van der Waals surface area contributed by atoms with Gasteiger partial charge < -0.3 is 14.8 Å². The number of nitrogens with one attached hydrogen (secondary N) is 1. The largest absolute Gasteiger partial charge is 0.494 e. The molecular weight excluding hydrogens is 262 g/mol. The number of fused-ring (bicyclic) bond motifs is 1. The van der Waals surface area contributed by atoms with Crippen LogP contribution in [0.4, 0.5) is 5.69 Å². The monoisotopic (exact) mass is 283 g/mol. The second kappa shape index (κ2) is 6.08. The summed E-state index contributed by atoms with van der Waals surface area (Å²) in [7, 11) is 0. The molecule has 1 heterocycles. The van der Waals surface area contributed by atoms with Gasteiger partial charge in [-0.05, 0) is 55.3 Å². The van der Waals surface area contributed by atoms with Gasteiger partial charge in [0.15, 0.2) is 0 Å². The first-order valence-electron chi connectivity index (χ1n) is 7.50. The van der Waals surface area contributed by atoms with Crippen molar-refractivity contribution in [2.75, 3.05) is 11.9 Å². The third-order valence-electron chi connectivity index (χ3n) is 3.62. The number of rotatable bonds is 5. The van der Waals surface area contributed by atoms with Crippen LogP contribution in [0, 0.1) is 0 Å². The van der Waals surface area contributed by atoms with E-state index in [2.05, 4.69) is 30.4 Å². The van der Waals surface area contributed by atoms with E-state index in [-0.39, 0.29) is 0 Å². The van der Waals surface area contributed by atoms with Gasteiger partial charge in [-0.1, -0.05) is 12.1 Å². The Kier molecular flexibility index (Phi) is 4.00. The Bertz CT molecular complexity index is 607. The van der Waals surface area contributed by atoms with E-state index in [0.29, 0.717) is 12.7 Å². The summed E-state index contributed by atoms with van der Waals surface area (Å²) in [5.41, 5.74) is 3.69. The Morgan fingerprint density at radius 3 is 2.76 bits per heavy atom. The molecule has 0 spiro atoms. The number of benzene rings is 2. The zero-order chi connectivity index (χ0) is 14.7. The van der Waals surface area contributed by atoms with Crippen molar-refractivity contribution in [2.45, 2.75) is 32.9 Å². The summed E-state index contributed by atoms with van der Waals surface area (Å²) < 4.78 is 11.2. The van der Waals surface area contributed by atoms with E-state index in [1.807, 2.05) is 31.2 Å². The zero-order valence-electron chi connectivity index (χ0n) is 12.6. The van der Waals surface area contributed by atoms with Crippen molar-refractivity contribution in [2.24, 2.45) is 0 Å². The molecule has 0 bridgehead atoms. The average molecular weight is 283 g/mol. The second-order valence-electron chi connectivity index (χ2n) is 5.39. The first-order valence-corrected chi connectivity index (χ1v) is 7.50. The van der Waals surface area contributed by atoms with Crippen LogP contribution in [-0.4, -0.2) is 12.7 Å². The molecule has 3 heteroatoms. The van der Waals surface area contributed by atoms with Gasteiger partial charge in [-0.2, -0.15) is 0 Å². The van der Waals surface area contributed by atoms with E-state index >= 15 is 0 Å². The van der Waals surface area contributed by atoms with Gasteiger partial charge in [-0.15, -0.1) is 0 Å². The minimum Gasteiger partial charge on any atom is -0.494 e. The number of hydrogen-bond acceptors (Lipinski definition) is 3. The van der Waals surface area contributed by atoms with Crippen LogP contribution in [0.5, 0.6) is 11.5 Å². The second-order valence-corrected chi connectivity index (χ2v) is 5.39. The quantitative estimate of drug-likeness (QED) is 0.899. The summed E-state index contributed by atoms with van der Waals surface area (Å²) in [5.74, 6) is 1.94. The molecule has 1 atom stereocenters. The standard InChI is InChI=1S/C18H21NO2/c1-3-20-17-7-5-16(6-8-17)19-12-14-4-9-18-15(11-14)10-13(2)21-18/h4-9,11,13,19H,3,10,12H2,1-2H3/t13-/m1/s1. The summed E-state index contributed by atoms with van der Waals surface area (Å²) in [6.07, 6.45) is 1.31. The SMILES string of the molecule is CCOc1ccc(NCc2ccc3c(c2)C[C@@H](C)O3)cc1. The first kappa shape index (κ1) is 13.8. The summed E-state index contributed by atoms with van der Waals surface area (Å²) in [4.78, 5) is 0. The highest BCUT2D eigenvalue weighted by atomic mass is 16.5. The molecule has 0 radical (unpaired) electrons. The molecule has 0 unspecified atom stereocenters. The minimum absolute atomic E-state index is 0.300. The fourth-order valence-electron chi connectivity index (χ4n) is 2.63. The van der Waals surface area contributed by atoms with Crippen LogP contribution in [0.15, 0.2) is 42.5 Å². The molecule has 0 aliphatic carbocycles. The highest BCUT2D eigenvalue weighted by Crippen LogP contribution is 2.29. The molecule has 1 aliphatic rings. The van der Waals surface area contributed by atoms with Gasteiger partial charge in [-0.25, -0.2) is 0 Å². The molecule has 3 nitrogen and oxygen atoms in total. The number of hydrogen-bond donors (Lipinski definition) is 1. The molecule has 21 heavy (non-hydrogen) atoms. The molecule has 2 aromatic rings. The van der Waals surface area contributed by atoms with E-state index in [9.17, 15) is 0 Å². The van der Waals surface area contributed by atoms with Gasteiger partial charge in [0.2, 0.25) is 0 Å². The molecule has 2 aromatic carbocycles. The summed E-state index contributed by atoms with van der Waals surface area (Å²) in [6.45, 7) is 5.61. The molecule has 0 saturated carbocycles. The lowest BCUT2D eigenvalue weighted by molar-refractivity contribution is 0.254. The van der Waals surface area contributed by atoms with E-state index in [1.54, 1.807) is 0 Å². The third kappa shape index (κ3) is 3.30. The van der Waals surface area contributed by atoms with Gasteiger partial charge in [0, 0.05) is 18.7 Å². The lowest BCUT2D eigenvalue weighted by Gasteiger charge is -2.09. The maximum absolute atomic E-state index is 5.73. The molecule has 1 N–H and O–H groups in total. The third-order valence-corrected chi connectivity index (χ3v) is 3.62. The first-order chi connectivity index (χ1) is 10.2. The van der Waals surface area contributed by atoms with E-state index in [1.165, 1.54) is 11.1 Å². The van der Waals surface area contributed by atoms with E-state index < -0.39 is 0 Å². The van der Waals surface area contributed by atoms with E-state index in [0.717, 1.165) is 30.2 Å². The van der Waals surface area contributed by atoms with Crippen LogP contribution in [0.1, 0.15) is 25.0 Å². The predicted octanol–water partition coefficient (Wildman–Crippen LogP) is 4.02. The van der Waals surface area contributed by atoms with Crippen LogP contribution in [0.2, 0.25) is 0 Å². The molecule has 0 aromatic heterocycles. The van der Waals surface area contributed by atoms with Crippen LogP contribution >= 0.6 is 0 Å². The van der Waals surface area contributed by atoms with Gasteiger partial charge in [0.25, 0.3) is 0 Å². The molecule has 0 amide bonds. The van der Waals surface area contributed by atoms with Crippen molar-refractivity contribution < 1.29 is 9.47 Å². The molecule has 110 valence electrons. The van der Waals surface area contributed by atoms with Crippen LogP contribution in [0.25, 0.3) is 0 Å². The highest BCUT2D eigenvalue weighted by Gasteiger charge is 2.18. The van der Waals surface area contributed by atoms with Gasteiger partial charge in [-0.3, -0.25) is 0 Å². The van der Waals surface area contributed by atoms with E-state index in [4.69, 9.17) is 9.47 Å². The van der Waals surface area contributed by atoms with Crippen LogP contribution in [0.3, 0.4) is 0 Å². The van der Waals surface area contributed by atoms with Crippen molar-refractivity contribution in [3.8, 4) is 11.5 Å². The molecule has 3 rings (SSSR count). The fourth-order valence-corrected chi connectivity index (χ4v) is 2.63. The van der Waals surface area contributed by atoms with Gasteiger partial charge in [0.1, 0.15) is 17.6 Å². The average Bonchev–Trinajstić information content (AvgIpc) is 2.86. The highest BCUT2D eigenvalue weighted by molar-refractivity contribution is 5.48. The molecular formula is C18H21NO2. The summed E-state index contributed by atoms with van der Waals surface area (Å²) >= 11 is 0. The van der Waals surface area contributed by atoms with Crippen molar-refractivity contribution in [3.63, 3.8) is 0 Å². The van der Waals surface area contributed by atoms with Crippen molar-refractivity contribution >= 4 is 5.69 Å². The zero-order valence-corrected chi connectivity index (χ0v) is 12.6. The lowest BCUT2D eigenvalue weighted by atomic mass is 10.1. The number of anilines is 1. The maximum Gasteiger partial charge on any atom is 0.123 e. The van der Waals surface area contributed by atoms with Crippen LogP contribution < -0.4 is 14.8 Å². The Morgan fingerprint density at radius 1 is 1.19 bits per heavy atom.